The van der Waals surface area contributed by atoms with Gasteiger partial charge in [0.15, 0.2) is 0 Å². The molecule has 5 heteroatoms. The summed E-state index contributed by atoms with van der Waals surface area (Å²) in [7, 11) is 1.83. The molecule has 4 nitrogen and oxygen atoms in total. The maximum absolute atomic E-state index is 12.9. The monoisotopic (exact) mass is 397 g/mol. The second-order valence-corrected chi connectivity index (χ2v) is 7.03. The molecule has 0 unspecified atom stereocenters. The number of pyridine rings is 1. The standard InChI is InChI=1S/C20H20BrN3O/c1-14-12-19(15(2)24(14)18-6-4-17(21)5-7-18)20(25)23(3)13-16-8-10-22-11-9-16/h4-12H,13H2,1-3H3. The second-order valence-electron chi connectivity index (χ2n) is 6.11. The summed E-state index contributed by atoms with van der Waals surface area (Å²) in [4.78, 5) is 18.7. The molecule has 1 aromatic carbocycles. The Bertz CT molecular complexity index is 885. The number of halogens is 1. The van der Waals surface area contributed by atoms with E-state index in [1.54, 1.807) is 17.3 Å². The smallest absolute Gasteiger partial charge is 0.255 e. The molecule has 25 heavy (non-hydrogen) atoms. The highest BCUT2D eigenvalue weighted by Crippen LogP contribution is 2.23. The van der Waals surface area contributed by atoms with Crippen LogP contribution in [0.4, 0.5) is 0 Å². The molecule has 0 fully saturated rings. The first-order valence-electron chi connectivity index (χ1n) is 8.06. The van der Waals surface area contributed by atoms with Gasteiger partial charge in [0.25, 0.3) is 5.91 Å². The fourth-order valence-corrected chi connectivity index (χ4v) is 3.27. The van der Waals surface area contributed by atoms with Crippen LogP contribution in [-0.2, 0) is 6.54 Å². The first kappa shape index (κ1) is 17.4. The first-order valence-corrected chi connectivity index (χ1v) is 8.86. The number of hydrogen-bond acceptors (Lipinski definition) is 2. The van der Waals surface area contributed by atoms with Crippen molar-refractivity contribution < 1.29 is 4.79 Å². The van der Waals surface area contributed by atoms with Gasteiger partial charge in [-0.1, -0.05) is 15.9 Å². The summed E-state index contributed by atoms with van der Waals surface area (Å²) in [5, 5.41) is 0. The Kier molecular flexibility index (Phi) is 5.04. The molecule has 0 aliphatic rings. The van der Waals surface area contributed by atoms with E-state index in [4.69, 9.17) is 0 Å². The highest BCUT2D eigenvalue weighted by atomic mass is 79.9. The van der Waals surface area contributed by atoms with Gasteiger partial charge in [0.1, 0.15) is 0 Å². The van der Waals surface area contributed by atoms with E-state index in [0.717, 1.165) is 32.7 Å². The van der Waals surface area contributed by atoms with E-state index in [0.29, 0.717) is 6.54 Å². The third kappa shape index (κ3) is 3.66. The molecule has 0 aliphatic carbocycles. The SMILES string of the molecule is Cc1cc(C(=O)N(C)Cc2ccncc2)c(C)n1-c1ccc(Br)cc1. The van der Waals surface area contributed by atoms with Gasteiger partial charge in [-0.15, -0.1) is 0 Å². The van der Waals surface area contributed by atoms with Crippen LogP contribution in [0.5, 0.6) is 0 Å². The number of hydrogen-bond donors (Lipinski definition) is 0. The molecule has 3 rings (SSSR count). The Balaban J connectivity index is 1.89. The van der Waals surface area contributed by atoms with Gasteiger partial charge in [0.05, 0.1) is 5.56 Å². The van der Waals surface area contributed by atoms with Crippen LogP contribution in [0.25, 0.3) is 5.69 Å². The molecular formula is C20H20BrN3O. The predicted octanol–water partition coefficient (Wildman–Crippen LogP) is 4.52. The van der Waals surface area contributed by atoms with Crippen molar-refractivity contribution in [2.24, 2.45) is 0 Å². The van der Waals surface area contributed by atoms with Crippen molar-refractivity contribution in [1.82, 2.24) is 14.5 Å². The first-order chi connectivity index (χ1) is 12.0. The lowest BCUT2D eigenvalue weighted by atomic mass is 10.2. The van der Waals surface area contributed by atoms with E-state index < -0.39 is 0 Å². The molecule has 0 bridgehead atoms. The Morgan fingerprint density at radius 2 is 1.76 bits per heavy atom. The summed E-state index contributed by atoms with van der Waals surface area (Å²) < 4.78 is 3.15. The average Bonchev–Trinajstić information content (AvgIpc) is 2.90. The lowest BCUT2D eigenvalue weighted by Crippen LogP contribution is -2.26. The Morgan fingerprint density at radius 1 is 1.12 bits per heavy atom. The summed E-state index contributed by atoms with van der Waals surface area (Å²) >= 11 is 3.46. The van der Waals surface area contributed by atoms with E-state index in [-0.39, 0.29) is 5.91 Å². The molecule has 0 spiro atoms. The molecule has 0 atom stereocenters. The Morgan fingerprint density at radius 3 is 2.40 bits per heavy atom. The lowest BCUT2D eigenvalue weighted by molar-refractivity contribution is 0.0784. The molecule has 128 valence electrons. The van der Waals surface area contributed by atoms with Crippen molar-refractivity contribution in [2.75, 3.05) is 7.05 Å². The number of carbonyl (C=O) groups is 1. The van der Waals surface area contributed by atoms with E-state index in [9.17, 15) is 4.79 Å². The third-order valence-corrected chi connectivity index (χ3v) is 4.79. The number of aromatic nitrogens is 2. The summed E-state index contributed by atoms with van der Waals surface area (Å²) in [6.07, 6.45) is 3.49. The van der Waals surface area contributed by atoms with Crippen LogP contribution in [0.3, 0.4) is 0 Å². The van der Waals surface area contributed by atoms with Crippen molar-refractivity contribution in [1.29, 1.82) is 0 Å². The van der Waals surface area contributed by atoms with Crippen molar-refractivity contribution in [2.45, 2.75) is 20.4 Å². The van der Waals surface area contributed by atoms with E-state index >= 15 is 0 Å². The van der Waals surface area contributed by atoms with E-state index in [1.165, 1.54) is 0 Å². The highest BCUT2D eigenvalue weighted by Gasteiger charge is 2.19. The molecule has 2 aromatic heterocycles. The number of carbonyl (C=O) groups excluding carboxylic acids is 1. The van der Waals surface area contributed by atoms with Gasteiger partial charge < -0.3 is 9.47 Å². The molecule has 0 N–H and O–H groups in total. The van der Waals surface area contributed by atoms with Gasteiger partial charge in [-0.3, -0.25) is 9.78 Å². The molecule has 0 saturated heterocycles. The maximum Gasteiger partial charge on any atom is 0.255 e. The number of benzene rings is 1. The zero-order valence-electron chi connectivity index (χ0n) is 14.5. The van der Waals surface area contributed by atoms with Crippen LogP contribution in [0.2, 0.25) is 0 Å². The van der Waals surface area contributed by atoms with Gasteiger partial charge >= 0.3 is 0 Å². The summed E-state index contributed by atoms with van der Waals surface area (Å²) in [6, 6.07) is 13.9. The fraction of sp³-hybridized carbons (Fsp3) is 0.200. The molecule has 1 amide bonds. The fourth-order valence-electron chi connectivity index (χ4n) is 3.01. The van der Waals surface area contributed by atoms with Crippen LogP contribution in [0.15, 0.2) is 59.3 Å². The van der Waals surface area contributed by atoms with E-state index in [2.05, 4.69) is 25.5 Å². The molecular weight excluding hydrogens is 378 g/mol. The van der Waals surface area contributed by atoms with Gasteiger partial charge in [0, 0.05) is 47.5 Å². The Hall–Kier alpha value is -2.40. The summed E-state index contributed by atoms with van der Waals surface area (Å²) in [6.45, 7) is 4.57. The second kappa shape index (κ2) is 7.23. The minimum Gasteiger partial charge on any atom is -0.337 e. The minimum absolute atomic E-state index is 0.0215. The van der Waals surface area contributed by atoms with Crippen molar-refractivity contribution in [3.8, 4) is 5.69 Å². The van der Waals surface area contributed by atoms with Gasteiger partial charge in [-0.2, -0.15) is 0 Å². The number of amides is 1. The van der Waals surface area contributed by atoms with E-state index in [1.807, 2.05) is 63.4 Å². The zero-order valence-corrected chi connectivity index (χ0v) is 16.1. The zero-order chi connectivity index (χ0) is 18.0. The number of nitrogens with zero attached hydrogens (tertiary/aromatic N) is 3. The van der Waals surface area contributed by atoms with Gasteiger partial charge in [-0.05, 0) is 61.9 Å². The molecule has 2 heterocycles. The molecule has 0 saturated carbocycles. The van der Waals surface area contributed by atoms with Crippen LogP contribution in [-0.4, -0.2) is 27.4 Å². The van der Waals surface area contributed by atoms with Crippen molar-refractivity contribution >= 4 is 21.8 Å². The lowest BCUT2D eigenvalue weighted by Gasteiger charge is -2.17. The molecule has 0 radical (unpaired) electrons. The average molecular weight is 398 g/mol. The number of aryl methyl sites for hydroxylation is 1. The third-order valence-electron chi connectivity index (χ3n) is 4.26. The maximum atomic E-state index is 12.9. The van der Waals surface area contributed by atoms with Crippen LogP contribution >= 0.6 is 15.9 Å². The van der Waals surface area contributed by atoms with Crippen molar-refractivity contribution in [3.05, 3.63) is 81.8 Å². The van der Waals surface area contributed by atoms with Crippen LogP contribution < -0.4 is 0 Å². The predicted molar refractivity (Wildman–Crippen MR) is 103 cm³/mol. The highest BCUT2D eigenvalue weighted by molar-refractivity contribution is 9.10. The summed E-state index contributed by atoms with van der Waals surface area (Å²) in [5.74, 6) is 0.0215. The normalized spacial score (nSPS) is 10.7. The van der Waals surface area contributed by atoms with Crippen LogP contribution in [0, 0.1) is 13.8 Å². The number of rotatable bonds is 4. The van der Waals surface area contributed by atoms with Gasteiger partial charge in [0.2, 0.25) is 0 Å². The van der Waals surface area contributed by atoms with Crippen LogP contribution in [0.1, 0.15) is 27.3 Å². The molecule has 0 aliphatic heterocycles. The van der Waals surface area contributed by atoms with Gasteiger partial charge in [-0.25, -0.2) is 0 Å². The largest absolute Gasteiger partial charge is 0.337 e. The van der Waals surface area contributed by atoms with Crippen molar-refractivity contribution in [3.63, 3.8) is 0 Å². The molecule has 3 aromatic rings. The summed E-state index contributed by atoms with van der Waals surface area (Å²) in [5.41, 5.74) is 4.84. The minimum atomic E-state index is 0.0215. The quantitative estimate of drug-likeness (QED) is 0.648. The Labute approximate surface area is 156 Å². The topological polar surface area (TPSA) is 38.1 Å².